The molecule has 2 aliphatic heterocycles. The van der Waals surface area contributed by atoms with Crippen LogP contribution in [0.5, 0.6) is 11.5 Å². The van der Waals surface area contributed by atoms with Crippen molar-refractivity contribution in [2.24, 2.45) is 10.1 Å². The molecule has 0 fully saturated rings. The number of hydrogen-bond donors (Lipinski definition) is 1. The summed E-state index contributed by atoms with van der Waals surface area (Å²) in [4.78, 5) is 18.1. The molecule has 0 saturated carbocycles. The van der Waals surface area contributed by atoms with Gasteiger partial charge in [0, 0.05) is 16.5 Å². The number of hydrogen-bond acceptors (Lipinski definition) is 7. The molecule has 0 spiro atoms. The van der Waals surface area contributed by atoms with Crippen molar-refractivity contribution in [2.45, 2.75) is 45.2 Å². The SMILES string of the molecule is CCCCCCCSC1=NN2C(=c3ccccc3=N[C@@H]2c2ccc(OC)c(OC)c2)C(=O)N1. The molecule has 33 heavy (non-hydrogen) atoms. The molecule has 0 unspecified atom stereocenters. The molecule has 2 aromatic rings. The second-order valence-corrected chi connectivity index (χ2v) is 9.03. The molecule has 2 aromatic carbocycles. The monoisotopic (exact) mass is 466 g/mol. The number of fused-ring (bicyclic) bond motifs is 2. The fraction of sp³-hybridized carbons (Fsp3) is 0.400. The minimum Gasteiger partial charge on any atom is -0.493 e. The Hall–Kier alpha value is -3.00. The Bertz CT molecular complexity index is 1160. The van der Waals surface area contributed by atoms with Crippen LogP contribution in [0.4, 0.5) is 0 Å². The van der Waals surface area contributed by atoms with Gasteiger partial charge in [-0.1, -0.05) is 68.6 Å². The molecule has 4 rings (SSSR count). The van der Waals surface area contributed by atoms with Gasteiger partial charge in [-0.15, -0.1) is 5.10 Å². The van der Waals surface area contributed by atoms with Gasteiger partial charge in [0.25, 0.3) is 5.91 Å². The Kier molecular flexibility index (Phi) is 7.54. The molecular weight excluding hydrogens is 436 g/mol. The molecule has 8 heteroatoms. The van der Waals surface area contributed by atoms with Crippen molar-refractivity contribution in [3.63, 3.8) is 0 Å². The molecular formula is C25H30N4O3S. The van der Waals surface area contributed by atoms with Crippen molar-refractivity contribution in [2.75, 3.05) is 20.0 Å². The Morgan fingerprint density at radius 3 is 2.61 bits per heavy atom. The van der Waals surface area contributed by atoms with Gasteiger partial charge in [0.15, 0.2) is 22.8 Å². The van der Waals surface area contributed by atoms with E-state index in [1.54, 1.807) is 31.0 Å². The lowest BCUT2D eigenvalue weighted by atomic mass is 10.1. The normalized spacial score (nSPS) is 16.9. The zero-order chi connectivity index (χ0) is 23.2. The summed E-state index contributed by atoms with van der Waals surface area (Å²) < 4.78 is 10.9. The maximum atomic E-state index is 13.2. The Morgan fingerprint density at radius 1 is 1.03 bits per heavy atom. The fourth-order valence-corrected chi connectivity index (χ4v) is 4.85. The number of methoxy groups -OCH3 is 2. The second-order valence-electron chi connectivity index (χ2n) is 7.95. The highest BCUT2D eigenvalue weighted by Gasteiger charge is 2.34. The number of rotatable bonds is 9. The number of thioether (sulfide) groups is 1. The number of amides is 1. The van der Waals surface area contributed by atoms with Crippen LogP contribution in [-0.4, -0.2) is 36.1 Å². The van der Waals surface area contributed by atoms with Crippen LogP contribution in [0.3, 0.4) is 0 Å². The van der Waals surface area contributed by atoms with E-state index in [2.05, 4.69) is 12.2 Å². The van der Waals surface area contributed by atoms with E-state index < -0.39 is 6.17 Å². The predicted molar refractivity (Wildman–Crippen MR) is 132 cm³/mol. The number of benzene rings is 2. The van der Waals surface area contributed by atoms with Crippen molar-refractivity contribution in [3.05, 3.63) is 58.6 Å². The van der Waals surface area contributed by atoms with E-state index in [-0.39, 0.29) is 5.91 Å². The van der Waals surface area contributed by atoms with Gasteiger partial charge >= 0.3 is 0 Å². The van der Waals surface area contributed by atoms with Crippen LogP contribution in [0.1, 0.15) is 50.8 Å². The topological polar surface area (TPSA) is 75.5 Å². The zero-order valence-corrected chi connectivity index (χ0v) is 20.2. The number of unbranched alkanes of at least 4 members (excludes halogenated alkanes) is 4. The van der Waals surface area contributed by atoms with Gasteiger partial charge in [-0.25, -0.2) is 5.01 Å². The van der Waals surface area contributed by atoms with Crippen molar-refractivity contribution < 1.29 is 14.3 Å². The number of nitrogens with one attached hydrogen (secondary N) is 1. The smallest absolute Gasteiger partial charge is 0.276 e. The maximum absolute atomic E-state index is 13.2. The van der Waals surface area contributed by atoms with Crippen molar-refractivity contribution >= 4 is 28.5 Å². The minimum atomic E-state index is -0.485. The van der Waals surface area contributed by atoms with Gasteiger partial charge in [-0.2, -0.15) is 0 Å². The maximum Gasteiger partial charge on any atom is 0.276 e. The van der Waals surface area contributed by atoms with E-state index in [0.717, 1.165) is 28.3 Å². The molecule has 7 nitrogen and oxygen atoms in total. The fourth-order valence-electron chi connectivity index (χ4n) is 4.00. The predicted octanol–water partition coefficient (Wildman–Crippen LogP) is 3.55. The third-order valence-corrected chi connectivity index (χ3v) is 6.66. The first-order valence-electron chi connectivity index (χ1n) is 11.4. The molecule has 1 N–H and O–H groups in total. The van der Waals surface area contributed by atoms with Crippen molar-refractivity contribution in [1.29, 1.82) is 0 Å². The summed E-state index contributed by atoms with van der Waals surface area (Å²) in [6.07, 6.45) is 5.55. The van der Waals surface area contributed by atoms with Crippen LogP contribution in [0, 0.1) is 0 Å². The van der Waals surface area contributed by atoms with Gasteiger partial charge in [0.2, 0.25) is 0 Å². The number of para-hydroxylation sites is 1. The third kappa shape index (κ3) is 5.00. The summed E-state index contributed by atoms with van der Waals surface area (Å²) in [5.41, 5.74) is 1.37. The van der Waals surface area contributed by atoms with Crippen molar-refractivity contribution in [1.82, 2.24) is 10.3 Å². The largest absolute Gasteiger partial charge is 0.493 e. The summed E-state index contributed by atoms with van der Waals surface area (Å²) >= 11 is 1.58. The first-order chi connectivity index (χ1) is 16.2. The van der Waals surface area contributed by atoms with E-state index in [4.69, 9.17) is 19.6 Å². The van der Waals surface area contributed by atoms with Crippen LogP contribution >= 0.6 is 11.8 Å². The van der Waals surface area contributed by atoms with Gasteiger partial charge in [-0.3, -0.25) is 15.1 Å². The second kappa shape index (κ2) is 10.7. The number of carbonyl (C=O) groups excluding carboxylic acids is 1. The van der Waals surface area contributed by atoms with Crippen LogP contribution in [0.15, 0.2) is 52.6 Å². The van der Waals surface area contributed by atoms with Gasteiger partial charge in [-0.05, 0) is 24.6 Å². The summed E-state index contributed by atoms with van der Waals surface area (Å²) in [7, 11) is 3.21. The van der Waals surface area contributed by atoms with Crippen LogP contribution in [0.25, 0.3) is 5.70 Å². The van der Waals surface area contributed by atoms with Crippen molar-refractivity contribution in [3.8, 4) is 11.5 Å². The van der Waals surface area contributed by atoms with E-state index in [9.17, 15) is 4.79 Å². The van der Waals surface area contributed by atoms with E-state index in [1.165, 1.54) is 25.7 Å². The van der Waals surface area contributed by atoms with E-state index in [1.807, 2.05) is 42.5 Å². The number of nitrogens with zero attached hydrogens (tertiary/aromatic N) is 3. The lowest BCUT2D eigenvalue weighted by Gasteiger charge is -2.34. The Balaban J connectivity index is 1.68. The zero-order valence-electron chi connectivity index (χ0n) is 19.3. The standard InChI is InChI=1S/C25H30N4O3S/c1-4-5-6-7-10-15-33-25-27-24(30)22-18-11-8-9-12-19(18)26-23(29(22)28-25)17-13-14-20(31-2)21(16-17)32-3/h8-9,11-14,16,23H,4-7,10,15H2,1-3H3,(H,27,28,30)/t23-/m0/s1. The van der Waals surface area contributed by atoms with Crippen LogP contribution in [0.2, 0.25) is 0 Å². The number of carbonyl (C=O) groups is 1. The molecule has 2 aliphatic rings. The average molecular weight is 467 g/mol. The van der Waals surface area contributed by atoms with Gasteiger partial charge in [0.05, 0.1) is 19.6 Å². The minimum absolute atomic E-state index is 0.161. The molecule has 2 heterocycles. The molecule has 0 saturated heterocycles. The number of ether oxygens (including phenoxy) is 2. The summed E-state index contributed by atoms with van der Waals surface area (Å²) in [6, 6.07) is 13.3. The van der Waals surface area contributed by atoms with Gasteiger partial charge < -0.3 is 9.47 Å². The molecule has 1 atom stereocenters. The van der Waals surface area contributed by atoms with E-state index >= 15 is 0 Å². The highest BCUT2D eigenvalue weighted by atomic mass is 32.2. The third-order valence-electron chi connectivity index (χ3n) is 5.71. The highest BCUT2D eigenvalue weighted by Crippen LogP contribution is 2.35. The lowest BCUT2D eigenvalue weighted by Crippen LogP contribution is -2.50. The summed E-state index contributed by atoms with van der Waals surface area (Å²) in [6.45, 7) is 2.21. The highest BCUT2D eigenvalue weighted by molar-refractivity contribution is 8.13. The van der Waals surface area contributed by atoms with Gasteiger partial charge in [0.1, 0.15) is 5.70 Å². The first-order valence-corrected chi connectivity index (χ1v) is 12.4. The lowest BCUT2D eigenvalue weighted by molar-refractivity contribution is -0.116. The quantitative estimate of drug-likeness (QED) is 0.572. The molecule has 0 radical (unpaired) electrons. The summed E-state index contributed by atoms with van der Waals surface area (Å²) in [5.74, 6) is 2.01. The average Bonchev–Trinajstić information content (AvgIpc) is 2.85. The van der Waals surface area contributed by atoms with Crippen LogP contribution in [-0.2, 0) is 4.79 Å². The molecule has 0 bridgehead atoms. The first kappa shape index (κ1) is 23.2. The van der Waals surface area contributed by atoms with Crippen LogP contribution < -0.4 is 25.4 Å². The van der Waals surface area contributed by atoms with E-state index in [0.29, 0.717) is 22.4 Å². The Morgan fingerprint density at radius 2 is 1.82 bits per heavy atom. The molecule has 0 aliphatic carbocycles. The summed E-state index contributed by atoms with van der Waals surface area (Å²) in [5, 5.41) is 11.7. The molecule has 0 aromatic heterocycles. The Labute approximate surface area is 198 Å². The molecule has 1 amide bonds. The number of hydrazone groups is 1. The molecule has 174 valence electrons. The number of amidine groups is 1.